The zero-order valence-electron chi connectivity index (χ0n) is 16.6. The Morgan fingerprint density at radius 3 is 1.71 bits per heavy atom. The molecule has 2 aromatic rings. The third-order valence-corrected chi connectivity index (χ3v) is 4.54. The van der Waals surface area contributed by atoms with Crippen molar-refractivity contribution in [2.45, 2.75) is 41.5 Å². The summed E-state index contributed by atoms with van der Waals surface area (Å²) in [6.07, 6.45) is 0. The summed E-state index contributed by atoms with van der Waals surface area (Å²) >= 11 is 7.39. The molecule has 0 radical (unpaired) electrons. The van der Waals surface area contributed by atoms with Gasteiger partial charge < -0.3 is 14.4 Å². The fraction of sp³-hybridized carbons (Fsp3) is 0.389. The van der Waals surface area contributed by atoms with Crippen LogP contribution in [0.25, 0.3) is 11.3 Å². The molecule has 0 fully saturated rings. The molecule has 28 heavy (non-hydrogen) atoms. The molecule has 0 aliphatic heterocycles. The number of aromatic nitrogens is 1. The van der Waals surface area contributed by atoms with Gasteiger partial charge in [-0.25, -0.2) is 9.78 Å². The second-order valence-corrected chi connectivity index (χ2v) is 41.6. The number of carbonyl (C=O) groups is 2. The fourth-order valence-electron chi connectivity index (χ4n) is 3.14. The van der Waals surface area contributed by atoms with Gasteiger partial charge in [-0.2, -0.15) is 0 Å². The van der Waals surface area contributed by atoms with Crippen molar-refractivity contribution in [2.24, 2.45) is 0 Å². The van der Waals surface area contributed by atoms with E-state index >= 15 is 0 Å². The summed E-state index contributed by atoms with van der Waals surface area (Å²) in [5.74, 6) is -1.12. The number of benzene rings is 1. The van der Waals surface area contributed by atoms with Crippen LogP contribution in [-0.4, -0.2) is 29.0 Å². The SMILES string of the molecule is Cc1nc(C)c(-c2c(C)c(C)c(N(C)C(=O)C(=O)O)c(C)c2C)o1.[I][V]([I])[I]. The number of aliphatic carboxylic acids is 1. The Morgan fingerprint density at radius 2 is 1.39 bits per heavy atom. The van der Waals surface area contributed by atoms with Gasteiger partial charge in [-0.1, -0.05) is 0 Å². The molecule has 0 bridgehead atoms. The Bertz CT molecular complexity index is 881. The molecular weight excluding hydrogens is 740 g/mol. The predicted octanol–water partition coefficient (Wildman–Crippen LogP) is 5.89. The summed E-state index contributed by atoms with van der Waals surface area (Å²) in [6.45, 7) is 11.3. The van der Waals surface area contributed by atoms with Crippen molar-refractivity contribution < 1.29 is 24.0 Å². The Morgan fingerprint density at radius 1 is 0.964 bits per heavy atom. The predicted molar refractivity (Wildman–Crippen MR) is 133 cm³/mol. The van der Waals surface area contributed by atoms with Crippen LogP contribution in [-0.2, 0) is 14.5 Å². The molecule has 1 heterocycles. The van der Waals surface area contributed by atoms with E-state index in [2.05, 4.69) is 64.9 Å². The monoisotopic (exact) mass is 762 g/mol. The van der Waals surface area contributed by atoms with Crippen molar-refractivity contribution >= 4 is 77.5 Å². The Hall–Kier alpha value is 0.144. The number of nitrogens with zero attached hydrogens (tertiary/aromatic N) is 2. The van der Waals surface area contributed by atoms with Crippen LogP contribution in [0.5, 0.6) is 0 Å². The normalized spacial score (nSPS) is 10.5. The molecule has 154 valence electrons. The molecule has 0 saturated heterocycles. The van der Waals surface area contributed by atoms with E-state index in [0.29, 0.717) is 17.3 Å². The van der Waals surface area contributed by atoms with Crippen LogP contribution in [0.15, 0.2) is 4.42 Å². The van der Waals surface area contributed by atoms with E-state index in [1.807, 2.05) is 34.6 Å². The molecule has 1 amide bonds. The second-order valence-electron chi connectivity index (χ2n) is 6.23. The number of halogens is 3. The number of oxazole rings is 1. The summed E-state index contributed by atoms with van der Waals surface area (Å²) in [6, 6.07) is 0. The molecule has 0 atom stereocenters. The van der Waals surface area contributed by atoms with Crippen LogP contribution in [0, 0.1) is 41.5 Å². The molecule has 0 aliphatic carbocycles. The van der Waals surface area contributed by atoms with Crippen LogP contribution < -0.4 is 4.90 Å². The van der Waals surface area contributed by atoms with E-state index in [1.54, 1.807) is 6.92 Å². The molecule has 10 heteroatoms. The Labute approximate surface area is 202 Å². The van der Waals surface area contributed by atoms with Gasteiger partial charge in [0.2, 0.25) is 0 Å². The van der Waals surface area contributed by atoms with Crippen LogP contribution in [0.2, 0.25) is 0 Å². The number of anilines is 1. The Balaban J connectivity index is 0.000000892. The summed E-state index contributed by atoms with van der Waals surface area (Å²) in [5, 5.41) is 8.99. The van der Waals surface area contributed by atoms with Gasteiger partial charge in [-0.3, -0.25) is 4.79 Å². The average molecular weight is 762 g/mol. The zero-order chi connectivity index (χ0) is 21.9. The number of amides is 1. The van der Waals surface area contributed by atoms with Gasteiger partial charge >= 0.3 is 76.7 Å². The van der Waals surface area contributed by atoms with Crippen molar-refractivity contribution in [2.75, 3.05) is 11.9 Å². The van der Waals surface area contributed by atoms with E-state index in [4.69, 9.17) is 9.52 Å². The van der Waals surface area contributed by atoms with Crippen molar-refractivity contribution in [1.29, 1.82) is 0 Å². The van der Waals surface area contributed by atoms with E-state index in [1.165, 1.54) is 11.9 Å². The molecule has 6 nitrogen and oxygen atoms in total. The first-order valence-corrected chi connectivity index (χ1v) is 21.7. The van der Waals surface area contributed by atoms with Crippen molar-refractivity contribution in [3.63, 3.8) is 0 Å². The molecule has 1 N–H and O–H groups in total. The quantitative estimate of drug-likeness (QED) is 0.305. The van der Waals surface area contributed by atoms with Gasteiger partial charge in [-0.05, 0) is 56.9 Å². The van der Waals surface area contributed by atoms with Gasteiger partial charge in [0, 0.05) is 19.5 Å². The average Bonchev–Trinajstić information content (AvgIpc) is 2.90. The van der Waals surface area contributed by atoms with Crippen LogP contribution in [0.4, 0.5) is 5.69 Å². The molecule has 1 aromatic carbocycles. The first-order chi connectivity index (χ1) is 12.8. The number of likely N-dealkylation sites (N-methyl/N-ethyl adjacent to an activating group) is 1. The van der Waals surface area contributed by atoms with Gasteiger partial charge in [-0.15, -0.1) is 0 Å². The van der Waals surface area contributed by atoms with Crippen LogP contribution >= 0.6 is 59.9 Å². The van der Waals surface area contributed by atoms with E-state index in [0.717, 1.165) is 33.5 Å². The standard InChI is InChI=1S/C18H22N2O4.3HI.V/c1-8-10(3)15(20(7)17(21)18(22)23)11(4)9(2)14(8)16-12(5)19-13(6)24-16;;;;/h1-7H3,(H,22,23);3*1H;/q;;;;+3/p-3. The first-order valence-electron chi connectivity index (χ1n) is 8.14. The molecule has 0 unspecified atom stereocenters. The minimum atomic E-state index is -1.47. The number of carbonyl (C=O) groups excluding carboxylic acids is 1. The van der Waals surface area contributed by atoms with Gasteiger partial charge in [0.25, 0.3) is 0 Å². The number of hydrogen-bond donors (Lipinski definition) is 1. The molecule has 2 rings (SSSR count). The zero-order valence-corrected chi connectivity index (χ0v) is 24.5. The van der Waals surface area contributed by atoms with Crippen LogP contribution in [0.1, 0.15) is 33.8 Å². The second kappa shape index (κ2) is 11.0. The molecule has 0 aliphatic rings. The number of carboxylic acid groups (broad SMARTS) is 1. The fourth-order valence-corrected chi connectivity index (χ4v) is 3.14. The number of rotatable bonds is 2. The van der Waals surface area contributed by atoms with E-state index in [-0.39, 0.29) is 4.92 Å². The van der Waals surface area contributed by atoms with Crippen molar-refractivity contribution in [3.05, 3.63) is 33.8 Å². The number of carboxylic acids is 1. The van der Waals surface area contributed by atoms with E-state index in [9.17, 15) is 9.59 Å². The summed E-state index contributed by atoms with van der Waals surface area (Å²) in [5.41, 5.74) is 5.95. The molecule has 1 aromatic heterocycles. The maximum atomic E-state index is 11.9. The summed E-state index contributed by atoms with van der Waals surface area (Å²) in [4.78, 5) is 28.1. The molecular formula is C18H22I3N2O4V. The third kappa shape index (κ3) is 6.08. The van der Waals surface area contributed by atoms with Crippen molar-refractivity contribution in [3.8, 4) is 11.3 Å². The summed E-state index contributed by atoms with van der Waals surface area (Å²) < 4.78 is 5.77. The first kappa shape index (κ1) is 26.2. The van der Waals surface area contributed by atoms with Crippen LogP contribution in [0.3, 0.4) is 0 Å². The van der Waals surface area contributed by atoms with Gasteiger partial charge in [0.05, 0.1) is 11.4 Å². The van der Waals surface area contributed by atoms with E-state index < -0.39 is 11.9 Å². The van der Waals surface area contributed by atoms with Gasteiger partial charge in [0.1, 0.15) is 0 Å². The summed E-state index contributed by atoms with van der Waals surface area (Å²) in [7, 11) is 1.48. The molecule has 0 saturated carbocycles. The minimum absolute atomic E-state index is 0.278. The number of aryl methyl sites for hydroxylation is 2. The van der Waals surface area contributed by atoms with Crippen molar-refractivity contribution in [1.82, 2.24) is 4.98 Å². The van der Waals surface area contributed by atoms with Gasteiger partial charge in [0.15, 0.2) is 11.7 Å². The third-order valence-electron chi connectivity index (χ3n) is 4.54. The number of hydrogen-bond acceptors (Lipinski definition) is 4. The maximum absolute atomic E-state index is 11.9. The molecule has 0 spiro atoms. The Kier molecular flexibility index (Phi) is 10.2. The topological polar surface area (TPSA) is 83.6 Å².